The molecule has 0 saturated heterocycles. The minimum absolute atomic E-state index is 0.171. The first-order valence-electron chi connectivity index (χ1n) is 6.64. The van der Waals surface area contributed by atoms with Gasteiger partial charge >= 0.3 is 0 Å². The third-order valence-corrected chi connectivity index (χ3v) is 4.01. The quantitative estimate of drug-likeness (QED) is 0.913. The number of alkyl halides is 1. The maximum Gasteiger partial charge on any atom is 0.241 e. The molecule has 3 unspecified atom stereocenters. The normalized spacial score (nSPS) is 26.4. The van der Waals surface area contributed by atoms with Crippen molar-refractivity contribution in [2.75, 3.05) is 7.11 Å². The number of aromatic amines is 1. The fourth-order valence-electron chi connectivity index (χ4n) is 2.96. The van der Waals surface area contributed by atoms with E-state index in [1.165, 1.54) is 6.33 Å². The molecule has 0 aliphatic heterocycles. The summed E-state index contributed by atoms with van der Waals surface area (Å²) in [6, 6.07) is 2.16. The van der Waals surface area contributed by atoms with E-state index in [4.69, 9.17) is 10.00 Å². The fourth-order valence-corrected chi connectivity index (χ4v) is 2.96. The number of nitrogens with one attached hydrogen (secondary N) is 1. The van der Waals surface area contributed by atoms with E-state index >= 15 is 0 Å². The first-order valence-corrected chi connectivity index (χ1v) is 6.64. The summed E-state index contributed by atoms with van der Waals surface area (Å²) in [6.07, 6.45) is 3.90. The average molecular weight is 274 g/mol. The molecule has 2 heterocycles. The summed E-state index contributed by atoms with van der Waals surface area (Å²) in [4.78, 5) is 11.3. The molecule has 1 N–H and O–H groups in total. The molecule has 1 fully saturated rings. The molecule has 0 bridgehead atoms. The van der Waals surface area contributed by atoms with Crippen molar-refractivity contribution >= 4 is 11.0 Å². The van der Waals surface area contributed by atoms with E-state index in [1.807, 2.05) is 0 Å². The molecule has 6 heteroatoms. The third kappa shape index (κ3) is 1.99. The highest BCUT2D eigenvalue weighted by molar-refractivity contribution is 5.83. The second-order valence-corrected chi connectivity index (χ2v) is 5.11. The molecule has 0 aromatic carbocycles. The smallest absolute Gasteiger partial charge is 0.241 e. The summed E-state index contributed by atoms with van der Waals surface area (Å²) in [6.45, 7) is 0. The van der Waals surface area contributed by atoms with Crippen LogP contribution in [0.5, 0.6) is 5.88 Å². The van der Waals surface area contributed by atoms with Gasteiger partial charge < -0.3 is 9.72 Å². The standard InChI is InChI=1S/C14H15FN4O/c1-20-14-13-12(18-7-19-14)10(6-17-13)9-3-2-8(5-16)4-11(9)15/h6-9,11,17H,2-4H2,1H3. The van der Waals surface area contributed by atoms with Gasteiger partial charge in [-0.15, -0.1) is 0 Å². The molecule has 0 amide bonds. The number of aromatic nitrogens is 3. The van der Waals surface area contributed by atoms with Crippen LogP contribution in [0.25, 0.3) is 11.0 Å². The van der Waals surface area contributed by atoms with Crippen molar-refractivity contribution in [2.45, 2.75) is 31.4 Å². The Bertz CT molecular complexity index is 663. The van der Waals surface area contributed by atoms with Gasteiger partial charge in [0, 0.05) is 23.6 Å². The second-order valence-electron chi connectivity index (χ2n) is 5.11. The molecule has 20 heavy (non-hydrogen) atoms. The van der Waals surface area contributed by atoms with Gasteiger partial charge in [0.25, 0.3) is 0 Å². The van der Waals surface area contributed by atoms with E-state index < -0.39 is 6.17 Å². The van der Waals surface area contributed by atoms with E-state index in [1.54, 1.807) is 13.3 Å². The van der Waals surface area contributed by atoms with Crippen LogP contribution in [0.3, 0.4) is 0 Å². The van der Waals surface area contributed by atoms with E-state index in [-0.39, 0.29) is 11.8 Å². The molecule has 0 spiro atoms. The number of fused-ring (bicyclic) bond motifs is 1. The summed E-state index contributed by atoms with van der Waals surface area (Å²) in [5.41, 5.74) is 2.25. The predicted octanol–water partition coefficient (Wildman–Crippen LogP) is 2.71. The second kappa shape index (κ2) is 5.08. The minimum atomic E-state index is -1.01. The zero-order valence-electron chi connectivity index (χ0n) is 11.1. The summed E-state index contributed by atoms with van der Waals surface area (Å²) in [7, 11) is 1.54. The largest absolute Gasteiger partial charge is 0.479 e. The van der Waals surface area contributed by atoms with Gasteiger partial charge in [-0.3, -0.25) is 0 Å². The van der Waals surface area contributed by atoms with Crippen molar-refractivity contribution in [3.8, 4) is 11.9 Å². The van der Waals surface area contributed by atoms with Crippen LogP contribution < -0.4 is 4.74 Å². The number of ether oxygens (including phenoxy) is 1. The molecule has 1 aliphatic carbocycles. The molecule has 0 radical (unpaired) electrons. The summed E-state index contributed by atoms with van der Waals surface area (Å²) >= 11 is 0. The van der Waals surface area contributed by atoms with Crippen LogP contribution in [0.1, 0.15) is 30.7 Å². The molecular formula is C14H15FN4O. The number of nitrogens with zero attached hydrogens (tertiary/aromatic N) is 3. The molecule has 3 atom stereocenters. The number of nitriles is 1. The van der Waals surface area contributed by atoms with Crippen LogP contribution in [0.15, 0.2) is 12.5 Å². The van der Waals surface area contributed by atoms with E-state index in [2.05, 4.69) is 21.0 Å². The Morgan fingerprint density at radius 1 is 1.45 bits per heavy atom. The Kier molecular flexibility index (Phi) is 3.26. The highest BCUT2D eigenvalue weighted by Gasteiger charge is 2.33. The van der Waals surface area contributed by atoms with Crippen LogP contribution in [-0.4, -0.2) is 28.2 Å². The molecule has 2 aromatic rings. The van der Waals surface area contributed by atoms with Crippen LogP contribution in [0.2, 0.25) is 0 Å². The van der Waals surface area contributed by atoms with Crippen LogP contribution >= 0.6 is 0 Å². The Hall–Kier alpha value is -2.16. The average Bonchev–Trinajstić information content (AvgIpc) is 2.90. The molecule has 5 nitrogen and oxygen atoms in total. The topological polar surface area (TPSA) is 74.6 Å². The third-order valence-electron chi connectivity index (χ3n) is 4.01. The minimum Gasteiger partial charge on any atom is -0.479 e. The number of hydrogen-bond acceptors (Lipinski definition) is 4. The molecular weight excluding hydrogens is 259 g/mol. The van der Waals surface area contributed by atoms with Gasteiger partial charge in [0.15, 0.2) is 0 Å². The van der Waals surface area contributed by atoms with E-state index in [0.29, 0.717) is 29.8 Å². The van der Waals surface area contributed by atoms with Crippen molar-refractivity contribution in [3.05, 3.63) is 18.1 Å². The molecule has 1 saturated carbocycles. The Morgan fingerprint density at radius 3 is 3.00 bits per heavy atom. The Morgan fingerprint density at radius 2 is 2.30 bits per heavy atom. The lowest BCUT2D eigenvalue weighted by molar-refractivity contribution is 0.192. The number of H-pyrrole nitrogens is 1. The SMILES string of the molecule is COc1ncnc2c(C3CCC(C#N)CC3F)c[nH]c12. The fraction of sp³-hybridized carbons (Fsp3) is 0.500. The number of halogens is 1. The Balaban J connectivity index is 1.97. The van der Waals surface area contributed by atoms with Crippen molar-refractivity contribution in [3.63, 3.8) is 0 Å². The lowest BCUT2D eigenvalue weighted by Crippen LogP contribution is -2.24. The van der Waals surface area contributed by atoms with E-state index in [9.17, 15) is 4.39 Å². The predicted molar refractivity (Wildman–Crippen MR) is 71.0 cm³/mol. The summed E-state index contributed by atoms with van der Waals surface area (Å²) < 4.78 is 19.5. The number of methoxy groups -OCH3 is 1. The molecule has 3 rings (SSSR count). The van der Waals surface area contributed by atoms with Gasteiger partial charge in [-0.25, -0.2) is 9.37 Å². The van der Waals surface area contributed by atoms with Crippen molar-refractivity contribution in [1.82, 2.24) is 15.0 Å². The lowest BCUT2D eigenvalue weighted by Gasteiger charge is -2.28. The van der Waals surface area contributed by atoms with Crippen LogP contribution in [-0.2, 0) is 0 Å². The zero-order chi connectivity index (χ0) is 14.1. The van der Waals surface area contributed by atoms with E-state index in [0.717, 1.165) is 12.0 Å². The van der Waals surface area contributed by atoms with Gasteiger partial charge in [-0.05, 0) is 19.3 Å². The number of rotatable bonds is 2. The first-order chi connectivity index (χ1) is 9.74. The highest BCUT2D eigenvalue weighted by atomic mass is 19.1. The Labute approximate surface area is 115 Å². The van der Waals surface area contributed by atoms with Gasteiger partial charge in [-0.1, -0.05) is 0 Å². The monoisotopic (exact) mass is 274 g/mol. The zero-order valence-corrected chi connectivity index (χ0v) is 11.1. The van der Waals surface area contributed by atoms with Gasteiger partial charge in [0.1, 0.15) is 18.0 Å². The molecule has 2 aromatic heterocycles. The molecule has 104 valence electrons. The highest BCUT2D eigenvalue weighted by Crippen LogP contribution is 2.40. The van der Waals surface area contributed by atoms with Crippen LogP contribution in [0.4, 0.5) is 4.39 Å². The lowest BCUT2D eigenvalue weighted by atomic mass is 9.78. The molecule has 1 aliphatic rings. The van der Waals surface area contributed by atoms with Gasteiger partial charge in [0.05, 0.1) is 18.7 Å². The van der Waals surface area contributed by atoms with Crippen molar-refractivity contribution in [2.24, 2.45) is 5.92 Å². The van der Waals surface area contributed by atoms with Crippen LogP contribution in [0, 0.1) is 17.2 Å². The number of hydrogen-bond donors (Lipinski definition) is 1. The maximum atomic E-state index is 14.3. The first kappa shape index (κ1) is 12.9. The van der Waals surface area contributed by atoms with Gasteiger partial charge in [-0.2, -0.15) is 10.2 Å². The summed E-state index contributed by atoms with van der Waals surface area (Å²) in [5.74, 6) is 0.0749. The van der Waals surface area contributed by atoms with Crippen molar-refractivity contribution < 1.29 is 9.13 Å². The van der Waals surface area contributed by atoms with Crippen molar-refractivity contribution in [1.29, 1.82) is 5.26 Å². The maximum absolute atomic E-state index is 14.3. The van der Waals surface area contributed by atoms with Gasteiger partial charge in [0.2, 0.25) is 5.88 Å². The summed E-state index contributed by atoms with van der Waals surface area (Å²) in [5, 5.41) is 8.91.